The zero-order chi connectivity index (χ0) is 31.5. The van der Waals surface area contributed by atoms with Crippen LogP contribution in [-0.4, -0.2) is 25.7 Å². The Labute approximate surface area is 257 Å². The summed E-state index contributed by atoms with van der Waals surface area (Å²) in [5.41, 5.74) is 2.69. The molecule has 3 nitrogen and oxygen atoms in total. The van der Waals surface area contributed by atoms with Crippen LogP contribution in [0, 0.1) is 29.6 Å². The minimum atomic E-state index is -4.39. The van der Waals surface area contributed by atoms with Crippen LogP contribution in [0.2, 0.25) is 16.6 Å². The van der Waals surface area contributed by atoms with Crippen LogP contribution in [0.1, 0.15) is 91.8 Å². The highest BCUT2D eigenvalue weighted by atomic mass is 28.4. The molecule has 7 heteroatoms. The number of rotatable bonds is 10. The van der Waals surface area contributed by atoms with Gasteiger partial charge in [-0.05, 0) is 89.9 Å². The molecule has 2 aliphatic rings. The molecule has 4 rings (SSSR count). The van der Waals surface area contributed by atoms with Crippen molar-refractivity contribution in [2.45, 2.75) is 103 Å². The lowest BCUT2D eigenvalue weighted by Gasteiger charge is -2.49. The van der Waals surface area contributed by atoms with Gasteiger partial charge in [0.25, 0.3) is 0 Å². The van der Waals surface area contributed by atoms with Crippen molar-refractivity contribution in [3.8, 4) is 11.1 Å². The smallest absolute Gasteiger partial charge is 0.416 e. The molecule has 2 aliphatic carbocycles. The van der Waals surface area contributed by atoms with E-state index >= 15 is 0 Å². The van der Waals surface area contributed by atoms with Gasteiger partial charge in [0.05, 0.1) is 11.3 Å². The number of hydrogen-bond donors (Lipinski definition) is 0. The van der Waals surface area contributed by atoms with Crippen molar-refractivity contribution in [1.29, 1.82) is 0 Å². The number of hydrogen-bond acceptors (Lipinski definition) is 3. The molecule has 236 valence electrons. The van der Waals surface area contributed by atoms with E-state index in [1.807, 2.05) is 18.2 Å². The Kier molecular flexibility index (Phi) is 10.8. The van der Waals surface area contributed by atoms with Gasteiger partial charge in [0.15, 0.2) is 8.32 Å². The molecule has 43 heavy (non-hydrogen) atoms. The maximum atomic E-state index is 13.4. The Bertz CT molecular complexity index is 1230. The van der Waals surface area contributed by atoms with E-state index in [0.717, 1.165) is 30.7 Å². The molecule has 1 aromatic carbocycles. The van der Waals surface area contributed by atoms with Crippen molar-refractivity contribution < 1.29 is 22.4 Å². The van der Waals surface area contributed by atoms with Gasteiger partial charge in [-0.2, -0.15) is 13.2 Å². The Morgan fingerprint density at radius 3 is 2.26 bits per heavy atom. The molecule has 2 saturated carbocycles. The summed E-state index contributed by atoms with van der Waals surface area (Å²) in [5.74, 6) is 1.55. The number of nitrogens with zero attached hydrogens (tertiary/aromatic N) is 1. The number of allylic oxidation sites excluding steroid dienone is 1. The Morgan fingerprint density at radius 2 is 1.67 bits per heavy atom. The summed E-state index contributed by atoms with van der Waals surface area (Å²) in [6.45, 7) is 16.3. The fourth-order valence-corrected chi connectivity index (χ4v) is 14.2. The Morgan fingerprint density at radius 1 is 1.00 bits per heavy atom. The number of alkyl halides is 3. The van der Waals surface area contributed by atoms with Crippen molar-refractivity contribution >= 4 is 20.2 Å². The van der Waals surface area contributed by atoms with E-state index < -0.39 is 20.1 Å². The lowest BCUT2D eigenvalue weighted by atomic mass is 9.57. The van der Waals surface area contributed by atoms with E-state index in [2.05, 4.69) is 52.6 Å². The average Bonchev–Trinajstić information content (AvgIpc) is 2.95. The van der Waals surface area contributed by atoms with E-state index in [1.54, 1.807) is 19.2 Å². The summed E-state index contributed by atoms with van der Waals surface area (Å²) in [6, 6.07) is 9.00. The van der Waals surface area contributed by atoms with Crippen LogP contribution in [-0.2, 0) is 15.4 Å². The minimum Gasteiger partial charge on any atom is -0.416 e. The molecule has 0 saturated heterocycles. The first-order chi connectivity index (χ1) is 20.3. The predicted octanol–water partition coefficient (Wildman–Crippen LogP) is 10.6. The van der Waals surface area contributed by atoms with Crippen LogP contribution in [0.15, 0.2) is 48.7 Å². The summed E-state index contributed by atoms with van der Waals surface area (Å²) in [7, 11) is -2.06. The molecule has 0 bridgehead atoms. The molecule has 1 heterocycles. The largest absolute Gasteiger partial charge is 0.416 e. The number of halogens is 3. The molecule has 5 atom stereocenters. The maximum absolute atomic E-state index is 13.4. The van der Waals surface area contributed by atoms with E-state index in [9.17, 15) is 18.0 Å². The van der Waals surface area contributed by atoms with Gasteiger partial charge in [-0.15, -0.1) is 0 Å². The van der Waals surface area contributed by atoms with Crippen LogP contribution in [0.4, 0.5) is 13.2 Å². The molecular weight excluding hydrogens is 563 g/mol. The third-order valence-electron chi connectivity index (χ3n) is 10.5. The molecule has 0 aliphatic heterocycles. The van der Waals surface area contributed by atoms with Gasteiger partial charge in [-0.3, -0.25) is 9.78 Å². The van der Waals surface area contributed by atoms with Crippen LogP contribution >= 0.6 is 0 Å². The summed E-state index contributed by atoms with van der Waals surface area (Å²) in [4.78, 5) is 17.9. The van der Waals surface area contributed by atoms with Crippen LogP contribution < -0.4 is 0 Å². The fraction of sp³-hybridized carbons (Fsp3) is 0.611. The first-order valence-corrected chi connectivity index (χ1v) is 18.4. The number of benzene rings is 1. The number of carbonyl (C=O) groups is 1. The molecular formula is C36H50F3NO2Si. The highest BCUT2D eigenvalue weighted by Gasteiger charge is 2.49. The van der Waals surface area contributed by atoms with Crippen LogP contribution in [0.25, 0.3) is 17.2 Å². The number of pyridine rings is 1. The lowest BCUT2D eigenvalue weighted by molar-refractivity contribution is -0.137. The second-order valence-corrected chi connectivity index (χ2v) is 19.4. The van der Waals surface area contributed by atoms with Crippen molar-refractivity contribution in [3.05, 3.63) is 59.9 Å². The zero-order valence-electron chi connectivity index (χ0n) is 27.0. The topological polar surface area (TPSA) is 39.2 Å². The van der Waals surface area contributed by atoms with Gasteiger partial charge in [0.1, 0.15) is 5.78 Å². The van der Waals surface area contributed by atoms with Gasteiger partial charge >= 0.3 is 6.18 Å². The van der Waals surface area contributed by atoms with Gasteiger partial charge in [-0.25, -0.2) is 0 Å². The normalized spacial score (nSPS) is 25.1. The number of ketones is 1. The second kappa shape index (κ2) is 13.8. The van der Waals surface area contributed by atoms with Crippen molar-refractivity contribution in [2.75, 3.05) is 6.61 Å². The minimum absolute atomic E-state index is 0.0850. The molecule has 0 radical (unpaired) electrons. The third kappa shape index (κ3) is 7.36. The molecule has 0 N–H and O–H groups in total. The van der Waals surface area contributed by atoms with Gasteiger partial charge in [0.2, 0.25) is 0 Å². The average molecular weight is 614 g/mol. The molecule has 0 spiro atoms. The summed E-state index contributed by atoms with van der Waals surface area (Å²) >= 11 is 0. The fourth-order valence-electron chi connectivity index (χ4n) is 8.70. The third-order valence-corrected chi connectivity index (χ3v) is 16.6. The number of Topliss-reactive ketones (excluding diaryl/α,β-unsaturated/α-hetero) is 1. The number of carbonyl (C=O) groups excluding carboxylic acids is 1. The summed E-state index contributed by atoms with van der Waals surface area (Å²) < 4.78 is 46.7. The molecule has 0 amide bonds. The molecule has 2 aromatic rings. The quantitative estimate of drug-likeness (QED) is 0.250. The SMILES string of the molecule is CC(=O)[C@@H]1[C@H](CO[Si](C(C)C)(C(C)C)C(C)C)C[C@@H]2CCCC[C@H]2[C@@H]1/C=C/c1ccc(-c2cccc(C(F)(F)F)c2)cn1. The van der Waals surface area contributed by atoms with Crippen molar-refractivity contribution in [1.82, 2.24) is 4.98 Å². The number of fused-ring (bicyclic) bond motifs is 1. The molecule has 0 unspecified atom stereocenters. The maximum Gasteiger partial charge on any atom is 0.416 e. The standard InChI is InChI=1S/C36H50F3NO2Si/c1-23(2)43(24(3)4,25(5)6)42-22-30-19-28-11-8-9-14-33(28)34(35(30)26(7)41)18-17-32-16-15-29(21-40-32)27-12-10-13-31(20-27)36(37,38)39/h10,12-13,15-18,20-21,23-25,28,30,33-35H,8-9,11,14,19,22H2,1-7H3/b18-17+/t28-,30-,33+,34-,35+/m0/s1. The lowest BCUT2D eigenvalue weighted by Crippen LogP contribution is -2.51. The number of aromatic nitrogens is 1. The van der Waals surface area contributed by atoms with Gasteiger partial charge in [0, 0.05) is 24.3 Å². The van der Waals surface area contributed by atoms with Crippen molar-refractivity contribution in [2.24, 2.45) is 29.6 Å². The first kappa shape index (κ1) is 33.6. The highest BCUT2D eigenvalue weighted by Crippen LogP contribution is 2.51. The monoisotopic (exact) mass is 613 g/mol. The van der Waals surface area contributed by atoms with E-state index in [1.165, 1.54) is 25.3 Å². The van der Waals surface area contributed by atoms with Crippen LogP contribution in [0.5, 0.6) is 0 Å². The first-order valence-electron chi connectivity index (χ1n) is 16.2. The predicted molar refractivity (Wildman–Crippen MR) is 172 cm³/mol. The summed E-state index contributed by atoms with van der Waals surface area (Å²) in [6.07, 6.45) is 7.33. The zero-order valence-corrected chi connectivity index (χ0v) is 28.0. The van der Waals surface area contributed by atoms with E-state index in [-0.39, 0.29) is 23.5 Å². The van der Waals surface area contributed by atoms with E-state index in [0.29, 0.717) is 46.2 Å². The molecule has 1 aromatic heterocycles. The summed E-state index contributed by atoms with van der Waals surface area (Å²) in [5, 5.41) is 0. The van der Waals surface area contributed by atoms with Gasteiger partial charge in [-0.1, -0.05) is 85.1 Å². The van der Waals surface area contributed by atoms with E-state index in [4.69, 9.17) is 4.43 Å². The van der Waals surface area contributed by atoms with Crippen molar-refractivity contribution in [3.63, 3.8) is 0 Å². The highest BCUT2D eigenvalue weighted by molar-refractivity contribution is 6.77. The van der Waals surface area contributed by atoms with Crippen LogP contribution in [0.3, 0.4) is 0 Å². The van der Waals surface area contributed by atoms with Gasteiger partial charge < -0.3 is 4.43 Å². The molecule has 2 fully saturated rings. The second-order valence-electron chi connectivity index (χ2n) is 14.0. The Balaban J connectivity index is 1.59. The Hall–Kier alpha value is -2.25.